The summed E-state index contributed by atoms with van der Waals surface area (Å²) in [5, 5.41) is 5.36. The van der Waals surface area contributed by atoms with Crippen molar-refractivity contribution in [2.24, 2.45) is 5.92 Å². The topological polar surface area (TPSA) is 127 Å². The van der Waals surface area contributed by atoms with Crippen LogP contribution in [-0.2, 0) is 10.2 Å². The molecule has 0 bridgehead atoms. The molecular formula is C29H28F3N7O2. The highest BCUT2D eigenvalue weighted by atomic mass is 19.4. The number of aryl methyl sites for hydroxylation is 1. The minimum atomic E-state index is -4.41. The van der Waals surface area contributed by atoms with Gasteiger partial charge in [0, 0.05) is 42.2 Å². The Morgan fingerprint density at radius 1 is 1.10 bits per heavy atom. The highest BCUT2D eigenvalue weighted by Crippen LogP contribution is 2.45. The van der Waals surface area contributed by atoms with E-state index < -0.39 is 17.6 Å². The number of rotatable bonds is 6. The first-order valence-electron chi connectivity index (χ1n) is 13.4. The van der Waals surface area contributed by atoms with E-state index in [1.807, 2.05) is 13.0 Å². The minimum Gasteiger partial charge on any atom is -0.382 e. The Balaban J connectivity index is 1.38. The van der Waals surface area contributed by atoms with Gasteiger partial charge in [-0.05, 0) is 62.4 Å². The number of amides is 1. The molecule has 0 unspecified atom stereocenters. The number of imidazole rings is 1. The molecule has 4 heterocycles. The van der Waals surface area contributed by atoms with Gasteiger partial charge in [0.2, 0.25) is 0 Å². The van der Waals surface area contributed by atoms with Crippen LogP contribution in [0.15, 0.2) is 55.0 Å². The summed E-state index contributed by atoms with van der Waals surface area (Å²) in [4.78, 5) is 39.8. The molecule has 212 valence electrons. The number of alkyl halides is 3. The summed E-state index contributed by atoms with van der Waals surface area (Å²) < 4.78 is 42.2. The van der Waals surface area contributed by atoms with Crippen LogP contribution in [0.25, 0.3) is 16.8 Å². The van der Waals surface area contributed by atoms with Crippen LogP contribution >= 0.6 is 0 Å². The zero-order valence-electron chi connectivity index (χ0n) is 22.2. The minimum absolute atomic E-state index is 0.00635. The fourth-order valence-electron chi connectivity index (χ4n) is 5.58. The van der Waals surface area contributed by atoms with Gasteiger partial charge in [-0.25, -0.2) is 15.0 Å². The van der Waals surface area contributed by atoms with E-state index in [0.717, 1.165) is 5.56 Å². The molecule has 4 aromatic rings. The maximum atomic E-state index is 13.7. The number of carbonyl (C=O) groups is 2. The molecule has 1 amide bonds. The van der Waals surface area contributed by atoms with Crippen LogP contribution in [0.3, 0.4) is 0 Å². The first-order chi connectivity index (χ1) is 19.6. The van der Waals surface area contributed by atoms with Crippen molar-refractivity contribution >= 4 is 28.8 Å². The van der Waals surface area contributed by atoms with Crippen molar-refractivity contribution in [3.05, 3.63) is 71.9 Å². The molecule has 2 atom stereocenters. The van der Waals surface area contributed by atoms with Crippen molar-refractivity contribution in [3.63, 3.8) is 0 Å². The number of pyridine rings is 1. The molecule has 0 spiro atoms. The Morgan fingerprint density at radius 2 is 1.85 bits per heavy atom. The average molecular weight is 564 g/mol. The third kappa shape index (κ3) is 4.92. The number of Topliss-reactive ketones (excluding diaryl/α,β-unsaturated/α-hetero) is 1. The molecular weight excluding hydrogens is 535 g/mol. The molecule has 0 radical (unpaired) electrons. The van der Waals surface area contributed by atoms with E-state index in [0.29, 0.717) is 46.8 Å². The zero-order chi connectivity index (χ0) is 28.9. The molecule has 2 aliphatic rings. The van der Waals surface area contributed by atoms with Crippen molar-refractivity contribution in [2.75, 3.05) is 17.6 Å². The summed E-state index contributed by atoms with van der Waals surface area (Å²) >= 11 is 0. The number of nitrogens with two attached hydrogens (primary N) is 1. The van der Waals surface area contributed by atoms with Crippen LogP contribution < -0.4 is 16.4 Å². The lowest BCUT2D eigenvalue weighted by Crippen LogP contribution is -2.57. The second kappa shape index (κ2) is 9.95. The smallest absolute Gasteiger partial charge is 0.382 e. The van der Waals surface area contributed by atoms with Gasteiger partial charge in [0.15, 0.2) is 5.78 Å². The van der Waals surface area contributed by atoms with E-state index in [1.54, 1.807) is 47.1 Å². The number of hydrogen-bond donors (Lipinski definition) is 3. The number of halogens is 3. The molecule has 1 aliphatic carbocycles. The number of ketones is 1. The molecule has 6 rings (SSSR count). The highest BCUT2D eigenvalue weighted by molar-refractivity contribution is 6.04. The molecule has 41 heavy (non-hydrogen) atoms. The van der Waals surface area contributed by atoms with E-state index in [4.69, 9.17) is 10.7 Å². The van der Waals surface area contributed by atoms with Gasteiger partial charge >= 0.3 is 6.18 Å². The van der Waals surface area contributed by atoms with E-state index >= 15 is 0 Å². The molecule has 12 heteroatoms. The Morgan fingerprint density at radius 3 is 2.49 bits per heavy atom. The number of nitrogens with one attached hydrogen (secondary N) is 2. The number of carbonyl (C=O) groups excluding carboxylic acids is 2. The molecule has 1 aliphatic heterocycles. The summed E-state index contributed by atoms with van der Waals surface area (Å²) in [5.74, 6) is 0.300. The zero-order valence-corrected chi connectivity index (χ0v) is 22.2. The van der Waals surface area contributed by atoms with Crippen molar-refractivity contribution in [2.45, 2.75) is 50.2 Å². The van der Waals surface area contributed by atoms with Gasteiger partial charge in [0.25, 0.3) is 5.91 Å². The van der Waals surface area contributed by atoms with Gasteiger partial charge in [-0.15, -0.1) is 0 Å². The van der Waals surface area contributed by atoms with E-state index in [-0.39, 0.29) is 42.8 Å². The van der Waals surface area contributed by atoms with Gasteiger partial charge in [0.1, 0.15) is 34.7 Å². The van der Waals surface area contributed by atoms with Crippen LogP contribution in [0.4, 0.5) is 24.8 Å². The standard InChI is InChI=1S/C29H28F3N7O2/c1-16-9-11-34-21(14-16)37-26(41)19-6-2-17(3-7-19)22-23-25(33)35-12-13-39(23)27(38-22)28(24(40)18-4-5-18)10-8-20(36-15-28)29(30,31)32/h2-3,6-7,9,11-14,18,20,36H,4-5,8,10,15H2,1H3,(H2,33,35)(H,34,37,41)/t20-,28-/m1/s1. The number of nitrogen functional groups attached to an aromatic ring is 1. The normalized spacial score (nSPS) is 21.1. The third-order valence-electron chi connectivity index (χ3n) is 7.91. The number of benzene rings is 1. The Hall–Kier alpha value is -4.32. The lowest BCUT2D eigenvalue weighted by atomic mass is 9.72. The van der Waals surface area contributed by atoms with Crippen molar-refractivity contribution in [1.29, 1.82) is 0 Å². The third-order valence-corrected chi connectivity index (χ3v) is 7.91. The second-order valence-electron chi connectivity index (χ2n) is 10.8. The fourth-order valence-corrected chi connectivity index (χ4v) is 5.58. The summed E-state index contributed by atoms with van der Waals surface area (Å²) in [5.41, 5.74) is 7.88. The first-order valence-corrected chi connectivity index (χ1v) is 13.4. The Bertz CT molecular complexity index is 1640. The number of nitrogens with zero attached hydrogens (tertiary/aromatic N) is 4. The van der Waals surface area contributed by atoms with Crippen LogP contribution in [0.5, 0.6) is 0 Å². The largest absolute Gasteiger partial charge is 0.403 e. The van der Waals surface area contributed by atoms with Crippen LogP contribution in [0.2, 0.25) is 0 Å². The number of piperidine rings is 1. The molecule has 9 nitrogen and oxygen atoms in total. The Kier molecular flexibility index (Phi) is 6.52. The highest BCUT2D eigenvalue weighted by Gasteiger charge is 2.54. The summed E-state index contributed by atoms with van der Waals surface area (Å²) in [7, 11) is 0. The lowest BCUT2D eigenvalue weighted by Gasteiger charge is -2.39. The number of aromatic nitrogens is 4. The Labute approximate surface area is 233 Å². The van der Waals surface area contributed by atoms with Crippen LogP contribution in [-0.4, -0.2) is 49.8 Å². The average Bonchev–Trinajstić information content (AvgIpc) is 3.72. The SMILES string of the molecule is Cc1ccnc(NC(=O)c2ccc(-c3nc([C@]4(C(=O)C5CC5)CC[C@H](C(F)(F)F)NC4)n4ccnc(N)c34)cc2)c1. The summed E-state index contributed by atoms with van der Waals surface area (Å²) in [6.07, 6.45) is 1.50. The monoisotopic (exact) mass is 563 g/mol. The van der Waals surface area contributed by atoms with Crippen molar-refractivity contribution < 1.29 is 22.8 Å². The second-order valence-corrected chi connectivity index (χ2v) is 10.8. The van der Waals surface area contributed by atoms with Gasteiger partial charge < -0.3 is 16.4 Å². The van der Waals surface area contributed by atoms with Gasteiger partial charge in [-0.2, -0.15) is 13.2 Å². The van der Waals surface area contributed by atoms with E-state index in [2.05, 4.69) is 20.6 Å². The molecule has 1 saturated heterocycles. The van der Waals surface area contributed by atoms with Gasteiger partial charge in [-0.3, -0.25) is 14.0 Å². The summed E-state index contributed by atoms with van der Waals surface area (Å²) in [6.45, 7) is 1.72. The fraction of sp³-hybridized carbons (Fsp3) is 0.345. The first kappa shape index (κ1) is 26.9. The maximum absolute atomic E-state index is 13.7. The van der Waals surface area contributed by atoms with Crippen LogP contribution in [0, 0.1) is 12.8 Å². The van der Waals surface area contributed by atoms with Gasteiger partial charge in [0.05, 0.1) is 5.41 Å². The summed E-state index contributed by atoms with van der Waals surface area (Å²) in [6, 6.07) is 8.61. The van der Waals surface area contributed by atoms with Crippen LogP contribution in [0.1, 0.15) is 47.4 Å². The van der Waals surface area contributed by atoms with Crippen molar-refractivity contribution in [3.8, 4) is 11.3 Å². The van der Waals surface area contributed by atoms with E-state index in [1.165, 1.54) is 6.20 Å². The van der Waals surface area contributed by atoms with Gasteiger partial charge in [-0.1, -0.05) is 12.1 Å². The molecule has 1 aromatic carbocycles. The number of hydrogen-bond acceptors (Lipinski definition) is 7. The van der Waals surface area contributed by atoms with E-state index in [9.17, 15) is 22.8 Å². The van der Waals surface area contributed by atoms with Crippen molar-refractivity contribution in [1.82, 2.24) is 24.7 Å². The molecule has 1 saturated carbocycles. The lowest BCUT2D eigenvalue weighted by molar-refractivity contribution is -0.165. The molecule has 4 N–H and O–H groups in total. The molecule has 2 fully saturated rings. The quantitative estimate of drug-likeness (QED) is 0.316. The number of anilines is 2. The predicted octanol–water partition coefficient (Wildman–Crippen LogP) is 4.47. The molecule has 3 aromatic heterocycles. The number of fused-ring (bicyclic) bond motifs is 1. The predicted molar refractivity (Wildman–Crippen MR) is 146 cm³/mol. The maximum Gasteiger partial charge on any atom is 0.403 e.